The molecule has 2 amide bonds. The predicted octanol–water partition coefficient (Wildman–Crippen LogP) is 3.11. The van der Waals surface area contributed by atoms with Crippen molar-refractivity contribution in [2.75, 3.05) is 11.4 Å². The van der Waals surface area contributed by atoms with Crippen molar-refractivity contribution >= 4 is 17.6 Å². The molecule has 0 N–H and O–H groups in total. The van der Waals surface area contributed by atoms with Crippen molar-refractivity contribution < 1.29 is 14.0 Å². The summed E-state index contributed by atoms with van der Waals surface area (Å²) in [5, 5.41) is 0. The summed E-state index contributed by atoms with van der Waals surface area (Å²) in [7, 11) is 1.80. The number of aromatic nitrogens is 4. The molecule has 1 atom stereocenters. The maximum absolute atomic E-state index is 13.3. The van der Waals surface area contributed by atoms with Crippen molar-refractivity contribution in [1.29, 1.82) is 0 Å². The number of fused-ring (bicyclic) bond motifs is 1. The third-order valence-electron chi connectivity index (χ3n) is 6.43. The Morgan fingerprint density at radius 2 is 1.97 bits per heavy atom. The quantitative estimate of drug-likeness (QED) is 0.612. The van der Waals surface area contributed by atoms with E-state index in [4.69, 9.17) is 9.97 Å². The standard InChI is InChI=1S/C24H25FN6O2/c1-15-18-9-10-20(32)31(14-16-5-7-17(25)8-6-16)22(18)28-21(27-15)19-4-3-12-30(19)24(33)23-26-11-13-29(23)2/h5-8,11,13,19H,3-4,9-10,12,14H2,1-2H3/t19-/m1/s1. The monoisotopic (exact) mass is 448 g/mol. The van der Waals surface area contributed by atoms with Crippen molar-refractivity contribution in [1.82, 2.24) is 24.4 Å². The molecule has 33 heavy (non-hydrogen) atoms. The molecule has 1 aromatic carbocycles. The van der Waals surface area contributed by atoms with Crippen molar-refractivity contribution in [2.45, 2.75) is 45.2 Å². The minimum Gasteiger partial charge on any atom is -0.330 e. The Balaban J connectivity index is 1.50. The number of likely N-dealkylation sites (tertiary alicyclic amines) is 1. The van der Waals surface area contributed by atoms with Gasteiger partial charge in [0.1, 0.15) is 11.6 Å². The molecule has 5 rings (SSSR count). The summed E-state index contributed by atoms with van der Waals surface area (Å²) < 4.78 is 15.1. The molecule has 0 aliphatic carbocycles. The third kappa shape index (κ3) is 3.88. The highest BCUT2D eigenvalue weighted by Gasteiger charge is 2.36. The molecule has 2 aliphatic rings. The summed E-state index contributed by atoms with van der Waals surface area (Å²) in [6.45, 7) is 2.84. The summed E-state index contributed by atoms with van der Waals surface area (Å²) in [5.41, 5.74) is 2.59. The van der Waals surface area contributed by atoms with Gasteiger partial charge in [-0.3, -0.25) is 14.5 Å². The van der Waals surface area contributed by atoms with E-state index in [0.717, 1.165) is 29.7 Å². The number of rotatable bonds is 4. The molecular weight excluding hydrogens is 423 g/mol. The van der Waals surface area contributed by atoms with Gasteiger partial charge in [0.2, 0.25) is 5.91 Å². The molecular formula is C24H25FN6O2. The summed E-state index contributed by atoms with van der Waals surface area (Å²) in [4.78, 5) is 43.3. The van der Waals surface area contributed by atoms with Crippen LogP contribution in [0, 0.1) is 12.7 Å². The van der Waals surface area contributed by atoms with Gasteiger partial charge >= 0.3 is 0 Å². The topological polar surface area (TPSA) is 84.2 Å². The van der Waals surface area contributed by atoms with Gasteiger partial charge in [-0.15, -0.1) is 0 Å². The lowest BCUT2D eigenvalue weighted by Crippen LogP contribution is -2.37. The van der Waals surface area contributed by atoms with Gasteiger partial charge in [0.25, 0.3) is 5.91 Å². The second-order valence-electron chi connectivity index (χ2n) is 8.59. The molecule has 170 valence electrons. The summed E-state index contributed by atoms with van der Waals surface area (Å²) in [6.07, 6.45) is 5.91. The van der Waals surface area contributed by atoms with Gasteiger partial charge < -0.3 is 9.47 Å². The molecule has 2 aliphatic heterocycles. The fourth-order valence-corrected chi connectivity index (χ4v) is 4.67. The second kappa shape index (κ2) is 8.38. The van der Waals surface area contributed by atoms with E-state index in [1.165, 1.54) is 12.1 Å². The van der Waals surface area contributed by atoms with E-state index in [9.17, 15) is 14.0 Å². The van der Waals surface area contributed by atoms with Crippen LogP contribution in [0.25, 0.3) is 0 Å². The Morgan fingerprint density at radius 1 is 1.18 bits per heavy atom. The van der Waals surface area contributed by atoms with Crippen molar-refractivity contribution in [3.05, 3.63) is 70.9 Å². The molecule has 0 unspecified atom stereocenters. The zero-order chi connectivity index (χ0) is 23.1. The smallest absolute Gasteiger partial charge is 0.290 e. The summed E-state index contributed by atoms with van der Waals surface area (Å²) in [5.74, 6) is 1.03. The lowest BCUT2D eigenvalue weighted by atomic mass is 10.0. The van der Waals surface area contributed by atoms with Gasteiger partial charge in [-0.25, -0.2) is 19.3 Å². The molecule has 0 bridgehead atoms. The summed E-state index contributed by atoms with van der Waals surface area (Å²) >= 11 is 0. The molecule has 0 radical (unpaired) electrons. The van der Waals surface area contributed by atoms with Crippen LogP contribution in [0.1, 0.15) is 58.6 Å². The number of hydrogen-bond acceptors (Lipinski definition) is 5. The molecule has 0 saturated carbocycles. The van der Waals surface area contributed by atoms with Crippen molar-refractivity contribution in [2.24, 2.45) is 7.05 Å². The molecule has 9 heteroatoms. The molecule has 0 spiro atoms. The number of anilines is 1. The van der Waals surface area contributed by atoms with Gasteiger partial charge in [-0.05, 0) is 43.9 Å². The highest BCUT2D eigenvalue weighted by atomic mass is 19.1. The van der Waals surface area contributed by atoms with Gasteiger partial charge in [-0.2, -0.15) is 0 Å². The zero-order valence-corrected chi connectivity index (χ0v) is 18.7. The molecule has 4 heterocycles. The van der Waals surface area contributed by atoms with Crippen LogP contribution in [-0.4, -0.2) is 42.8 Å². The fourth-order valence-electron chi connectivity index (χ4n) is 4.67. The maximum atomic E-state index is 13.3. The van der Waals surface area contributed by atoms with Crippen LogP contribution in [0.3, 0.4) is 0 Å². The fraction of sp³-hybridized carbons (Fsp3) is 0.375. The number of halogens is 1. The molecule has 3 aromatic rings. The van der Waals surface area contributed by atoms with Crippen molar-refractivity contribution in [3.63, 3.8) is 0 Å². The molecule has 1 saturated heterocycles. The highest BCUT2D eigenvalue weighted by Crippen LogP contribution is 2.35. The second-order valence-corrected chi connectivity index (χ2v) is 8.59. The Bertz CT molecular complexity index is 1220. The van der Waals surface area contributed by atoms with E-state index in [1.54, 1.807) is 45.9 Å². The first-order valence-electron chi connectivity index (χ1n) is 11.1. The van der Waals surface area contributed by atoms with Gasteiger partial charge in [0, 0.05) is 43.7 Å². The minimum absolute atomic E-state index is 0.0248. The number of hydrogen-bond donors (Lipinski definition) is 0. The SMILES string of the molecule is Cc1nc([C@H]2CCCN2C(=O)c2nccn2C)nc2c1CCC(=O)N2Cc1ccc(F)cc1. The van der Waals surface area contributed by atoms with E-state index < -0.39 is 0 Å². The predicted molar refractivity (Wildman–Crippen MR) is 119 cm³/mol. The number of carbonyl (C=O) groups excluding carboxylic acids is 2. The Labute approximate surface area is 191 Å². The van der Waals surface area contributed by atoms with E-state index in [-0.39, 0.29) is 23.7 Å². The van der Waals surface area contributed by atoms with E-state index in [0.29, 0.717) is 43.4 Å². The number of aryl methyl sites for hydroxylation is 2. The highest BCUT2D eigenvalue weighted by molar-refractivity contribution is 5.95. The average molecular weight is 449 g/mol. The van der Waals surface area contributed by atoms with E-state index in [2.05, 4.69) is 4.98 Å². The van der Waals surface area contributed by atoms with Crippen molar-refractivity contribution in [3.8, 4) is 0 Å². The van der Waals surface area contributed by atoms with Crippen LogP contribution in [0.2, 0.25) is 0 Å². The first kappa shape index (κ1) is 21.2. The summed E-state index contributed by atoms with van der Waals surface area (Å²) in [6, 6.07) is 5.86. The lowest BCUT2D eigenvalue weighted by Gasteiger charge is -2.31. The number of amides is 2. The van der Waals surface area contributed by atoms with Gasteiger partial charge in [0.15, 0.2) is 11.6 Å². The van der Waals surface area contributed by atoms with Crippen LogP contribution in [-0.2, 0) is 24.8 Å². The first-order chi connectivity index (χ1) is 15.9. The van der Waals surface area contributed by atoms with Crippen LogP contribution in [0.5, 0.6) is 0 Å². The Morgan fingerprint density at radius 3 is 2.70 bits per heavy atom. The number of nitrogens with zero attached hydrogens (tertiary/aromatic N) is 6. The van der Waals surface area contributed by atoms with E-state index in [1.807, 2.05) is 6.92 Å². The molecule has 2 aromatic heterocycles. The Hall–Kier alpha value is -3.62. The molecule has 1 fully saturated rings. The zero-order valence-electron chi connectivity index (χ0n) is 18.7. The molecule has 8 nitrogen and oxygen atoms in total. The van der Waals surface area contributed by atoms with E-state index >= 15 is 0 Å². The largest absolute Gasteiger partial charge is 0.330 e. The third-order valence-corrected chi connectivity index (χ3v) is 6.43. The normalized spacial score (nSPS) is 18.0. The number of carbonyl (C=O) groups is 2. The maximum Gasteiger partial charge on any atom is 0.290 e. The first-order valence-corrected chi connectivity index (χ1v) is 11.1. The number of imidazole rings is 1. The van der Waals surface area contributed by atoms with Crippen LogP contribution >= 0.6 is 0 Å². The lowest BCUT2D eigenvalue weighted by molar-refractivity contribution is -0.119. The number of benzene rings is 1. The van der Waals surface area contributed by atoms with Crippen LogP contribution in [0.4, 0.5) is 10.2 Å². The van der Waals surface area contributed by atoms with Gasteiger partial charge in [0.05, 0.1) is 12.6 Å². The van der Waals surface area contributed by atoms with Crippen LogP contribution < -0.4 is 4.90 Å². The van der Waals surface area contributed by atoms with Crippen LogP contribution in [0.15, 0.2) is 36.7 Å². The average Bonchev–Trinajstić information content (AvgIpc) is 3.46. The minimum atomic E-state index is -0.316. The van der Waals surface area contributed by atoms with Gasteiger partial charge in [-0.1, -0.05) is 12.1 Å². The Kier molecular flexibility index (Phi) is 5.39.